The number of Topliss-reactive ketones (excluding diaryl/α,β-unsaturated/α-hetero) is 1. The van der Waals surface area contributed by atoms with Gasteiger partial charge in [0.1, 0.15) is 5.75 Å². The Morgan fingerprint density at radius 3 is 2.29 bits per heavy atom. The molecule has 0 aliphatic carbocycles. The lowest BCUT2D eigenvalue weighted by atomic mass is 10.0. The smallest absolute Gasteiger partial charge is 0.163 e. The summed E-state index contributed by atoms with van der Waals surface area (Å²) in [6, 6.07) is 15.8. The molecule has 21 heavy (non-hydrogen) atoms. The van der Waals surface area contributed by atoms with Gasteiger partial charge < -0.3 is 4.74 Å². The molecule has 0 fully saturated rings. The van der Waals surface area contributed by atoms with Crippen molar-refractivity contribution in [3.05, 3.63) is 65.2 Å². The summed E-state index contributed by atoms with van der Waals surface area (Å²) in [5, 5.41) is 0. The number of ether oxygens (including phenoxy) is 1. The number of benzene rings is 2. The van der Waals surface area contributed by atoms with Crippen LogP contribution >= 0.6 is 0 Å². The zero-order valence-electron chi connectivity index (χ0n) is 12.8. The van der Waals surface area contributed by atoms with Crippen LogP contribution in [0.3, 0.4) is 0 Å². The zero-order valence-corrected chi connectivity index (χ0v) is 12.8. The highest BCUT2D eigenvalue weighted by Gasteiger charge is 2.06. The summed E-state index contributed by atoms with van der Waals surface area (Å²) < 4.78 is 5.55. The number of carbonyl (C=O) groups excluding carboxylic acids is 1. The molecule has 2 rings (SSSR count). The lowest BCUT2D eigenvalue weighted by Crippen LogP contribution is -2.01. The Bertz CT molecular complexity index is 568. The Balaban J connectivity index is 1.87. The Morgan fingerprint density at radius 2 is 1.67 bits per heavy atom. The van der Waals surface area contributed by atoms with Crippen LogP contribution in [-0.2, 0) is 6.42 Å². The molecule has 0 saturated carbocycles. The lowest BCUT2D eigenvalue weighted by Gasteiger charge is -2.06. The van der Waals surface area contributed by atoms with E-state index in [0.29, 0.717) is 6.42 Å². The van der Waals surface area contributed by atoms with Crippen molar-refractivity contribution in [2.45, 2.75) is 33.1 Å². The molecule has 0 bridgehead atoms. The first-order valence-electron chi connectivity index (χ1n) is 7.50. The second-order valence-corrected chi connectivity index (χ2v) is 5.28. The predicted octanol–water partition coefficient (Wildman–Crippen LogP) is 4.60. The third-order valence-corrected chi connectivity index (χ3v) is 3.41. The summed E-state index contributed by atoms with van der Waals surface area (Å²) in [6.45, 7) is 4.85. The van der Waals surface area contributed by atoms with Crippen molar-refractivity contribution in [3.63, 3.8) is 0 Å². The van der Waals surface area contributed by atoms with Crippen LogP contribution in [0.5, 0.6) is 5.75 Å². The summed E-state index contributed by atoms with van der Waals surface area (Å²) in [5.74, 6) is 1.09. The van der Waals surface area contributed by atoms with Gasteiger partial charge in [-0.15, -0.1) is 0 Å². The van der Waals surface area contributed by atoms with Crippen LogP contribution in [0.2, 0.25) is 0 Å². The van der Waals surface area contributed by atoms with Gasteiger partial charge in [0, 0.05) is 12.0 Å². The van der Waals surface area contributed by atoms with Gasteiger partial charge in [-0.3, -0.25) is 4.79 Å². The molecule has 0 atom stereocenters. The second kappa shape index (κ2) is 7.63. The van der Waals surface area contributed by atoms with Gasteiger partial charge in [0.2, 0.25) is 0 Å². The first-order chi connectivity index (χ1) is 10.2. The van der Waals surface area contributed by atoms with E-state index >= 15 is 0 Å². The Hall–Kier alpha value is -2.09. The van der Waals surface area contributed by atoms with E-state index in [1.54, 1.807) is 0 Å². The molecule has 0 aliphatic heterocycles. The molecule has 0 heterocycles. The van der Waals surface area contributed by atoms with E-state index in [1.165, 1.54) is 11.1 Å². The minimum atomic E-state index is 0.196. The maximum atomic E-state index is 12.1. The highest BCUT2D eigenvalue weighted by atomic mass is 16.5. The molecular formula is C19H22O2. The quantitative estimate of drug-likeness (QED) is 0.694. The molecule has 0 spiro atoms. The van der Waals surface area contributed by atoms with Crippen LogP contribution in [0, 0.1) is 6.92 Å². The third kappa shape index (κ3) is 4.75. The molecule has 2 aromatic carbocycles. The average Bonchev–Trinajstić information content (AvgIpc) is 2.52. The van der Waals surface area contributed by atoms with Gasteiger partial charge in [-0.2, -0.15) is 0 Å². The van der Waals surface area contributed by atoms with E-state index < -0.39 is 0 Å². The molecule has 0 N–H and O–H groups in total. The van der Waals surface area contributed by atoms with Gasteiger partial charge >= 0.3 is 0 Å². The third-order valence-electron chi connectivity index (χ3n) is 3.41. The van der Waals surface area contributed by atoms with E-state index in [1.807, 2.05) is 55.5 Å². The van der Waals surface area contributed by atoms with Gasteiger partial charge in [0.15, 0.2) is 5.78 Å². The standard InChI is InChI=1S/C19H22O2/c1-3-14-21-18-11-6-16(7-12-18)8-13-19(20)17-9-4-15(2)5-10-17/h4-7,9-12H,3,8,13-14H2,1-2H3. The van der Waals surface area contributed by atoms with Crippen LogP contribution in [0.1, 0.15) is 41.3 Å². The van der Waals surface area contributed by atoms with Crippen molar-refractivity contribution in [2.75, 3.05) is 6.61 Å². The van der Waals surface area contributed by atoms with Crippen molar-refractivity contribution in [2.24, 2.45) is 0 Å². The summed E-state index contributed by atoms with van der Waals surface area (Å²) in [7, 11) is 0. The normalized spacial score (nSPS) is 10.4. The Labute approximate surface area is 126 Å². The number of hydrogen-bond acceptors (Lipinski definition) is 2. The maximum absolute atomic E-state index is 12.1. The number of carbonyl (C=O) groups is 1. The van der Waals surface area contributed by atoms with Crippen LogP contribution < -0.4 is 4.74 Å². The first kappa shape index (κ1) is 15.3. The molecule has 110 valence electrons. The molecule has 0 unspecified atom stereocenters. The van der Waals surface area contributed by atoms with Gasteiger partial charge in [-0.05, 0) is 37.5 Å². The largest absolute Gasteiger partial charge is 0.494 e. The highest BCUT2D eigenvalue weighted by molar-refractivity contribution is 5.96. The van der Waals surface area contributed by atoms with Crippen LogP contribution in [0.25, 0.3) is 0 Å². The van der Waals surface area contributed by atoms with Crippen LogP contribution in [0.4, 0.5) is 0 Å². The van der Waals surface area contributed by atoms with Gasteiger partial charge in [0.25, 0.3) is 0 Å². The number of aryl methyl sites for hydroxylation is 2. The first-order valence-corrected chi connectivity index (χ1v) is 7.50. The SMILES string of the molecule is CCCOc1ccc(CCC(=O)c2ccc(C)cc2)cc1. The van der Waals surface area contributed by atoms with E-state index in [-0.39, 0.29) is 5.78 Å². The molecule has 0 aliphatic rings. The fraction of sp³-hybridized carbons (Fsp3) is 0.316. The molecule has 0 amide bonds. The Kier molecular flexibility index (Phi) is 5.56. The molecule has 2 nitrogen and oxygen atoms in total. The van der Waals surface area contributed by atoms with Gasteiger partial charge in [-0.25, -0.2) is 0 Å². The van der Waals surface area contributed by atoms with Crippen LogP contribution in [-0.4, -0.2) is 12.4 Å². The summed E-state index contributed by atoms with van der Waals surface area (Å²) in [5.41, 5.74) is 3.14. The molecule has 2 aromatic rings. The van der Waals surface area contributed by atoms with Gasteiger partial charge in [0.05, 0.1) is 6.61 Å². The Morgan fingerprint density at radius 1 is 1.00 bits per heavy atom. The highest BCUT2D eigenvalue weighted by Crippen LogP contribution is 2.15. The van der Waals surface area contributed by atoms with Crippen molar-refractivity contribution >= 4 is 5.78 Å². The number of rotatable bonds is 7. The monoisotopic (exact) mass is 282 g/mol. The summed E-state index contributed by atoms with van der Waals surface area (Å²) in [6.07, 6.45) is 2.31. The number of ketones is 1. The van der Waals surface area contributed by atoms with E-state index in [0.717, 1.165) is 30.8 Å². The molecular weight excluding hydrogens is 260 g/mol. The summed E-state index contributed by atoms with van der Waals surface area (Å²) >= 11 is 0. The maximum Gasteiger partial charge on any atom is 0.163 e. The van der Waals surface area contributed by atoms with E-state index in [2.05, 4.69) is 6.92 Å². The summed E-state index contributed by atoms with van der Waals surface area (Å²) in [4.78, 5) is 12.1. The second-order valence-electron chi connectivity index (χ2n) is 5.28. The lowest BCUT2D eigenvalue weighted by molar-refractivity contribution is 0.0983. The van der Waals surface area contributed by atoms with Crippen molar-refractivity contribution in [1.82, 2.24) is 0 Å². The van der Waals surface area contributed by atoms with Gasteiger partial charge in [-0.1, -0.05) is 48.9 Å². The van der Waals surface area contributed by atoms with Crippen molar-refractivity contribution in [3.8, 4) is 5.75 Å². The van der Waals surface area contributed by atoms with Crippen molar-refractivity contribution < 1.29 is 9.53 Å². The number of hydrogen-bond donors (Lipinski definition) is 0. The van der Waals surface area contributed by atoms with Crippen molar-refractivity contribution in [1.29, 1.82) is 0 Å². The fourth-order valence-electron chi connectivity index (χ4n) is 2.11. The zero-order chi connectivity index (χ0) is 15.1. The molecule has 0 radical (unpaired) electrons. The molecule has 0 aromatic heterocycles. The average molecular weight is 282 g/mol. The topological polar surface area (TPSA) is 26.3 Å². The fourth-order valence-corrected chi connectivity index (χ4v) is 2.11. The molecule has 2 heteroatoms. The van der Waals surface area contributed by atoms with Crippen LogP contribution in [0.15, 0.2) is 48.5 Å². The van der Waals surface area contributed by atoms with E-state index in [4.69, 9.17) is 4.74 Å². The predicted molar refractivity (Wildman–Crippen MR) is 86.1 cm³/mol. The van der Waals surface area contributed by atoms with E-state index in [9.17, 15) is 4.79 Å². The minimum Gasteiger partial charge on any atom is -0.494 e. The molecule has 0 saturated heterocycles. The minimum absolute atomic E-state index is 0.196.